The number of nitrogens with zero attached hydrogens (tertiary/aromatic N) is 6. The Labute approximate surface area is 199 Å². The summed E-state index contributed by atoms with van der Waals surface area (Å²) in [5, 5.41) is 4.56. The molecule has 6 nitrogen and oxygen atoms in total. The molecule has 0 bridgehead atoms. The Kier molecular flexibility index (Phi) is 5.03. The molecule has 2 aliphatic heterocycles. The van der Waals surface area contributed by atoms with Crippen LogP contribution in [0.25, 0.3) is 28.3 Å². The maximum atomic E-state index is 13.4. The van der Waals surface area contributed by atoms with Crippen LogP contribution in [-0.2, 0) is 6.54 Å². The Morgan fingerprint density at radius 1 is 1.03 bits per heavy atom. The van der Waals surface area contributed by atoms with E-state index in [1.807, 2.05) is 16.8 Å². The fraction of sp³-hybridized carbons (Fsp3) is 0.333. The second-order valence-electron chi connectivity index (χ2n) is 9.96. The molecule has 2 aromatic heterocycles. The maximum Gasteiger partial charge on any atom is 0.179 e. The third-order valence-corrected chi connectivity index (χ3v) is 7.22. The molecule has 0 N–H and O–H groups in total. The van der Waals surface area contributed by atoms with Crippen molar-refractivity contribution < 1.29 is 4.39 Å². The fourth-order valence-corrected chi connectivity index (χ4v) is 5.46. The van der Waals surface area contributed by atoms with Crippen molar-refractivity contribution in [3.63, 3.8) is 0 Å². The van der Waals surface area contributed by atoms with Gasteiger partial charge in [0.05, 0.1) is 11.4 Å². The molecule has 4 heterocycles. The maximum absolute atomic E-state index is 13.4. The van der Waals surface area contributed by atoms with Gasteiger partial charge in [0, 0.05) is 43.6 Å². The van der Waals surface area contributed by atoms with Crippen LogP contribution in [-0.4, -0.2) is 58.0 Å². The van der Waals surface area contributed by atoms with Crippen LogP contribution in [0.3, 0.4) is 0 Å². The zero-order valence-corrected chi connectivity index (χ0v) is 19.8. The Bertz CT molecular complexity index is 1340. The molecule has 0 amide bonds. The van der Waals surface area contributed by atoms with Gasteiger partial charge < -0.3 is 14.4 Å². The average Bonchev–Trinajstić information content (AvgIpc) is 3.52. The van der Waals surface area contributed by atoms with E-state index >= 15 is 0 Å². The van der Waals surface area contributed by atoms with Crippen LogP contribution in [0.2, 0.25) is 0 Å². The van der Waals surface area contributed by atoms with Crippen molar-refractivity contribution in [2.45, 2.75) is 13.5 Å². The standard InChI is InChI=1S/C27H29FN6/c1-18-12-32(16-22(18)13-31(2)3)24-8-9-25-21(10-24)15-33-14-20(19-4-6-23(28)7-5-19)11-26(33)27-29-17-30-34(25)27/h4-11,14,17-18,22H,12-13,15-16H2,1-3H3/t18-,22-/m0/s1. The predicted octanol–water partition coefficient (Wildman–Crippen LogP) is 4.54. The number of hydrogen-bond acceptors (Lipinski definition) is 4. The molecule has 174 valence electrons. The number of hydrogen-bond donors (Lipinski definition) is 0. The summed E-state index contributed by atoms with van der Waals surface area (Å²) in [6, 6.07) is 15.5. The van der Waals surface area contributed by atoms with Gasteiger partial charge in [-0.1, -0.05) is 19.1 Å². The van der Waals surface area contributed by atoms with Crippen LogP contribution in [0.1, 0.15) is 12.5 Å². The minimum absolute atomic E-state index is 0.227. The molecule has 2 aromatic carbocycles. The number of aromatic nitrogens is 4. The van der Waals surface area contributed by atoms with E-state index in [1.165, 1.54) is 23.4 Å². The van der Waals surface area contributed by atoms with Gasteiger partial charge >= 0.3 is 0 Å². The van der Waals surface area contributed by atoms with E-state index in [-0.39, 0.29) is 5.82 Å². The molecule has 0 saturated carbocycles. The minimum Gasteiger partial charge on any atom is -0.371 e. The Morgan fingerprint density at radius 2 is 1.85 bits per heavy atom. The molecule has 2 atom stereocenters. The van der Waals surface area contributed by atoms with Crippen molar-refractivity contribution in [1.82, 2.24) is 24.2 Å². The van der Waals surface area contributed by atoms with Crippen molar-refractivity contribution >= 4 is 5.69 Å². The molecule has 2 aliphatic rings. The fourth-order valence-electron chi connectivity index (χ4n) is 5.46. The zero-order valence-electron chi connectivity index (χ0n) is 19.8. The Morgan fingerprint density at radius 3 is 2.65 bits per heavy atom. The molecule has 0 unspecified atom stereocenters. The van der Waals surface area contributed by atoms with Crippen molar-refractivity contribution in [3.8, 4) is 28.3 Å². The molecular formula is C27H29FN6. The van der Waals surface area contributed by atoms with E-state index in [1.54, 1.807) is 6.33 Å². The van der Waals surface area contributed by atoms with E-state index in [0.717, 1.165) is 54.5 Å². The number of anilines is 1. The molecule has 1 saturated heterocycles. The van der Waals surface area contributed by atoms with Crippen molar-refractivity contribution in [2.75, 3.05) is 38.6 Å². The number of benzene rings is 2. The first-order valence-corrected chi connectivity index (χ1v) is 11.9. The summed E-state index contributed by atoms with van der Waals surface area (Å²) in [4.78, 5) is 9.39. The highest BCUT2D eigenvalue weighted by Gasteiger charge is 2.31. The monoisotopic (exact) mass is 456 g/mol. The summed E-state index contributed by atoms with van der Waals surface area (Å²) >= 11 is 0. The summed E-state index contributed by atoms with van der Waals surface area (Å²) in [7, 11) is 4.31. The van der Waals surface area contributed by atoms with Crippen molar-refractivity contribution in [3.05, 3.63) is 72.4 Å². The lowest BCUT2D eigenvalue weighted by molar-refractivity contribution is 0.301. The second kappa shape index (κ2) is 8.09. The van der Waals surface area contributed by atoms with Gasteiger partial charge in [-0.2, -0.15) is 5.10 Å². The second-order valence-corrected chi connectivity index (χ2v) is 9.96. The first-order chi connectivity index (χ1) is 16.5. The third-order valence-electron chi connectivity index (χ3n) is 7.22. The lowest BCUT2D eigenvalue weighted by Crippen LogP contribution is -2.27. The van der Waals surface area contributed by atoms with Crippen molar-refractivity contribution in [1.29, 1.82) is 0 Å². The average molecular weight is 457 g/mol. The first kappa shape index (κ1) is 21.1. The van der Waals surface area contributed by atoms with Gasteiger partial charge in [0.25, 0.3) is 0 Å². The lowest BCUT2D eigenvalue weighted by atomic mass is 9.98. The first-order valence-electron chi connectivity index (χ1n) is 11.9. The highest BCUT2D eigenvalue weighted by molar-refractivity contribution is 5.71. The topological polar surface area (TPSA) is 42.1 Å². The smallest absolute Gasteiger partial charge is 0.179 e. The number of halogens is 1. The molecule has 0 radical (unpaired) electrons. The molecular weight excluding hydrogens is 427 g/mol. The summed E-state index contributed by atoms with van der Waals surface area (Å²) in [5.74, 6) is 1.93. The zero-order chi connectivity index (χ0) is 23.4. The normalized spacial score (nSPS) is 19.1. The van der Waals surface area contributed by atoms with Gasteiger partial charge in [-0.05, 0) is 73.5 Å². The summed E-state index contributed by atoms with van der Waals surface area (Å²) in [6.07, 6.45) is 3.75. The molecule has 6 rings (SSSR count). The highest BCUT2D eigenvalue weighted by Crippen LogP contribution is 2.36. The predicted molar refractivity (Wildman–Crippen MR) is 133 cm³/mol. The van der Waals surface area contributed by atoms with Gasteiger partial charge in [0.1, 0.15) is 12.1 Å². The molecule has 1 fully saturated rings. The van der Waals surface area contributed by atoms with Crippen LogP contribution < -0.4 is 4.90 Å². The highest BCUT2D eigenvalue weighted by atomic mass is 19.1. The van der Waals surface area contributed by atoms with E-state index in [4.69, 9.17) is 0 Å². The number of fused-ring (bicyclic) bond motifs is 5. The van der Waals surface area contributed by atoms with Gasteiger partial charge in [0.15, 0.2) is 5.82 Å². The lowest BCUT2D eigenvalue weighted by Gasteiger charge is -2.22. The minimum atomic E-state index is -0.227. The molecule has 4 aromatic rings. The molecule has 7 heteroatoms. The van der Waals surface area contributed by atoms with Crippen LogP contribution in [0.4, 0.5) is 10.1 Å². The Hall–Kier alpha value is -3.45. The van der Waals surface area contributed by atoms with Gasteiger partial charge in [-0.15, -0.1) is 0 Å². The quantitative estimate of drug-likeness (QED) is 0.398. The largest absolute Gasteiger partial charge is 0.371 e. The van der Waals surface area contributed by atoms with Crippen LogP contribution >= 0.6 is 0 Å². The van der Waals surface area contributed by atoms with Crippen LogP contribution in [0.5, 0.6) is 0 Å². The SMILES string of the molecule is C[C@H]1CN(c2ccc3c(c2)Cn2cc(-c4ccc(F)cc4)cc2-c2ncnn2-3)C[C@@H]1CN(C)C. The van der Waals surface area contributed by atoms with Gasteiger partial charge in [-0.3, -0.25) is 0 Å². The van der Waals surface area contributed by atoms with E-state index in [2.05, 4.69) is 75.9 Å². The van der Waals surface area contributed by atoms with E-state index in [9.17, 15) is 4.39 Å². The third kappa shape index (κ3) is 3.60. The van der Waals surface area contributed by atoms with Crippen LogP contribution in [0, 0.1) is 17.7 Å². The summed E-state index contributed by atoms with van der Waals surface area (Å²) < 4.78 is 17.6. The molecule has 34 heavy (non-hydrogen) atoms. The Balaban J connectivity index is 1.37. The van der Waals surface area contributed by atoms with E-state index < -0.39 is 0 Å². The summed E-state index contributed by atoms with van der Waals surface area (Å²) in [6.45, 7) is 6.37. The summed E-state index contributed by atoms with van der Waals surface area (Å²) in [5.41, 5.74) is 6.59. The van der Waals surface area contributed by atoms with Gasteiger partial charge in [-0.25, -0.2) is 14.1 Å². The van der Waals surface area contributed by atoms with E-state index in [0.29, 0.717) is 11.8 Å². The van der Waals surface area contributed by atoms with Crippen LogP contribution in [0.15, 0.2) is 61.1 Å². The number of rotatable bonds is 4. The molecule has 0 aliphatic carbocycles. The molecule has 0 spiro atoms. The van der Waals surface area contributed by atoms with Gasteiger partial charge in [0.2, 0.25) is 0 Å². The van der Waals surface area contributed by atoms with Crippen molar-refractivity contribution in [2.24, 2.45) is 11.8 Å².